The van der Waals surface area contributed by atoms with E-state index in [4.69, 9.17) is 26.2 Å². The summed E-state index contributed by atoms with van der Waals surface area (Å²) in [4.78, 5) is 11.0. The topological polar surface area (TPSA) is 124 Å². The van der Waals surface area contributed by atoms with Gasteiger partial charge >= 0.3 is 5.97 Å². The third kappa shape index (κ3) is 6.54. The molecule has 6 N–H and O–H groups in total. The molecule has 1 aliphatic rings. The van der Waals surface area contributed by atoms with Gasteiger partial charge < -0.3 is 26.2 Å². The Kier molecular flexibility index (Phi) is 8.83. The quantitative estimate of drug-likeness (QED) is 0.408. The van der Waals surface area contributed by atoms with Gasteiger partial charge in [-0.1, -0.05) is 64.1 Å². The molecule has 0 radical (unpaired) electrons. The Labute approximate surface area is 202 Å². The van der Waals surface area contributed by atoms with Gasteiger partial charge in [0.2, 0.25) is 0 Å². The number of carboxylic acid groups (broad SMARTS) is 1. The van der Waals surface area contributed by atoms with E-state index in [1.165, 1.54) is 35.1 Å². The van der Waals surface area contributed by atoms with Crippen molar-refractivity contribution in [1.29, 1.82) is 0 Å². The summed E-state index contributed by atoms with van der Waals surface area (Å²) in [7, 11) is 0. The molecule has 0 bridgehead atoms. The molecular formula is C28H39NO5. The van der Waals surface area contributed by atoms with E-state index in [2.05, 4.69) is 58.9 Å². The molecule has 186 valence electrons. The van der Waals surface area contributed by atoms with Gasteiger partial charge in [-0.15, -0.1) is 0 Å². The predicted octanol–water partition coefficient (Wildman–Crippen LogP) is 3.96. The van der Waals surface area contributed by atoms with Crippen LogP contribution >= 0.6 is 0 Å². The molecule has 0 spiro atoms. The summed E-state index contributed by atoms with van der Waals surface area (Å²) in [5, 5.41) is 34.0. The number of aromatic carboxylic acids is 1. The van der Waals surface area contributed by atoms with Crippen molar-refractivity contribution in [3.05, 3.63) is 70.3 Å². The van der Waals surface area contributed by atoms with Crippen molar-refractivity contribution in [2.24, 2.45) is 5.73 Å². The molecule has 6 nitrogen and oxygen atoms in total. The number of fused-ring (bicyclic) bond motifs is 1. The van der Waals surface area contributed by atoms with Crippen molar-refractivity contribution in [3.8, 4) is 0 Å². The van der Waals surface area contributed by atoms with Crippen molar-refractivity contribution >= 4 is 17.6 Å². The van der Waals surface area contributed by atoms with Crippen LogP contribution in [0.25, 0.3) is 11.6 Å². The summed E-state index contributed by atoms with van der Waals surface area (Å²) in [5.41, 5.74) is 11.1. The zero-order valence-electron chi connectivity index (χ0n) is 20.9. The molecule has 3 rings (SSSR count). The molecule has 1 aliphatic carbocycles. The first kappa shape index (κ1) is 27.7. The van der Waals surface area contributed by atoms with Crippen LogP contribution in [-0.4, -0.2) is 51.8 Å². The molecule has 2 aromatic rings. The maximum Gasteiger partial charge on any atom is 0.335 e. The highest BCUT2D eigenvalue weighted by Crippen LogP contribution is 2.46. The largest absolute Gasteiger partial charge is 0.478 e. The highest BCUT2D eigenvalue weighted by atomic mass is 16.4. The Morgan fingerprint density at radius 2 is 1.35 bits per heavy atom. The molecule has 0 unspecified atom stereocenters. The molecular weight excluding hydrogens is 430 g/mol. The number of carboxylic acids is 1. The second kappa shape index (κ2) is 10.8. The van der Waals surface area contributed by atoms with Crippen LogP contribution in [0.5, 0.6) is 0 Å². The number of hydrogen-bond acceptors (Lipinski definition) is 5. The van der Waals surface area contributed by atoms with Crippen molar-refractivity contribution < 1.29 is 25.2 Å². The van der Waals surface area contributed by atoms with Crippen molar-refractivity contribution in [2.45, 2.75) is 63.8 Å². The van der Waals surface area contributed by atoms with Gasteiger partial charge in [0.1, 0.15) is 0 Å². The van der Waals surface area contributed by atoms with E-state index in [1.54, 1.807) is 12.1 Å². The van der Waals surface area contributed by atoms with Crippen LogP contribution in [0.15, 0.2) is 42.5 Å². The third-order valence-electron chi connectivity index (χ3n) is 6.79. The molecule has 0 amide bonds. The summed E-state index contributed by atoms with van der Waals surface area (Å²) in [6.45, 7) is 10.3. The number of aliphatic hydroxyl groups excluding tert-OH is 3. The summed E-state index contributed by atoms with van der Waals surface area (Å²) in [6.07, 6.45) is 4.54. The van der Waals surface area contributed by atoms with E-state index in [0.29, 0.717) is 5.56 Å². The molecule has 0 aliphatic heterocycles. The number of nitrogens with two attached hydrogens (primary N) is 1. The second-order valence-corrected chi connectivity index (χ2v) is 10.6. The molecule has 0 fully saturated rings. The average Bonchev–Trinajstić information content (AvgIpc) is 2.82. The fourth-order valence-electron chi connectivity index (χ4n) is 4.04. The zero-order chi connectivity index (χ0) is 25.7. The number of aliphatic hydroxyl groups is 3. The van der Waals surface area contributed by atoms with Crippen LogP contribution in [0.3, 0.4) is 0 Å². The summed E-state index contributed by atoms with van der Waals surface area (Å²) < 4.78 is 0. The van der Waals surface area contributed by atoms with Gasteiger partial charge in [0.05, 0.1) is 30.9 Å². The lowest BCUT2D eigenvalue weighted by molar-refractivity contribution is 0.0692. The molecule has 34 heavy (non-hydrogen) atoms. The van der Waals surface area contributed by atoms with Crippen LogP contribution in [0.4, 0.5) is 0 Å². The SMILES string of the molecule is C/C(=C\c1ccc(C(=O)O)cc1)c1ccc2c(c1)C(C)(C)CCC2(C)C.NC(CO)(CO)CO. The lowest BCUT2D eigenvalue weighted by Crippen LogP contribution is -2.50. The summed E-state index contributed by atoms with van der Waals surface area (Å²) >= 11 is 0. The summed E-state index contributed by atoms with van der Waals surface area (Å²) in [5.74, 6) is -0.892. The van der Waals surface area contributed by atoms with E-state index < -0.39 is 31.3 Å². The Morgan fingerprint density at radius 3 is 1.79 bits per heavy atom. The lowest BCUT2D eigenvalue weighted by Gasteiger charge is -2.42. The van der Waals surface area contributed by atoms with Crippen LogP contribution in [0.1, 0.15) is 80.1 Å². The van der Waals surface area contributed by atoms with E-state index in [-0.39, 0.29) is 10.8 Å². The van der Waals surface area contributed by atoms with Gasteiger partial charge in [-0.3, -0.25) is 0 Å². The monoisotopic (exact) mass is 469 g/mol. The van der Waals surface area contributed by atoms with E-state index in [1.807, 2.05) is 12.1 Å². The molecule has 0 saturated heterocycles. The van der Waals surface area contributed by atoms with Crippen LogP contribution in [0, 0.1) is 0 Å². The Balaban J connectivity index is 0.000000440. The summed E-state index contributed by atoms with van der Waals surface area (Å²) in [6, 6.07) is 13.9. The van der Waals surface area contributed by atoms with E-state index >= 15 is 0 Å². The third-order valence-corrected chi connectivity index (χ3v) is 6.79. The molecule has 0 atom stereocenters. The maximum absolute atomic E-state index is 11.0. The fraction of sp³-hybridized carbons (Fsp3) is 0.464. The number of carbonyl (C=O) groups is 1. The molecule has 2 aromatic carbocycles. The zero-order valence-corrected chi connectivity index (χ0v) is 20.9. The Hall–Kier alpha value is -2.51. The minimum absolute atomic E-state index is 0.199. The minimum Gasteiger partial charge on any atom is -0.478 e. The van der Waals surface area contributed by atoms with Crippen LogP contribution < -0.4 is 5.73 Å². The standard InChI is InChI=1S/C24H28O2.C4H11NO3/c1-16(14-17-6-8-18(9-7-17)22(25)26)19-10-11-20-21(15-19)24(4,5)13-12-23(20,2)3;5-4(1-6,2-7)3-8/h6-11,14-15H,12-13H2,1-5H3,(H,25,26);6-8H,1-3,5H2/b16-14+;. The first-order valence-electron chi connectivity index (χ1n) is 11.6. The molecule has 0 heterocycles. The Bertz CT molecular complexity index is 1010. The Morgan fingerprint density at radius 1 is 0.882 bits per heavy atom. The average molecular weight is 470 g/mol. The minimum atomic E-state index is -1.21. The second-order valence-electron chi connectivity index (χ2n) is 10.6. The van der Waals surface area contributed by atoms with E-state index in [9.17, 15) is 4.79 Å². The van der Waals surface area contributed by atoms with Crippen LogP contribution in [-0.2, 0) is 10.8 Å². The maximum atomic E-state index is 11.0. The van der Waals surface area contributed by atoms with Crippen molar-refractivity contribution in [3.63, 3.8) is 0 Å². The van der Waals surface area contributed by atoms with Crippen LogP contribution in [0.2, 0.25) is 0 Å². The lowest BCUT2D eigenvalue weighted by atomic mass is 9.63. The molecule has 6 heteroatoms. The normalized spacial score (nSPS) is 16.8. The van der Waals surface area contributed by atoms with E-state index in [0.717, 1.165) is 5.56 Å². The highest BCUT2D eigenvalue weighted by molar-refractivity contribution is 5.88. The predicted molar refractivity (Wildman–Crippen MR) is 137 cm³/mol. The number of allylic oxidation sites excluding steroid dienone is 1. The van der Waals surface area contributed by atoms with Gasteiger partial charge in [-0.2, -0.15) is 0 Å². The van der Waals surface area contributed by atoms with Gasteiger partial charge in [0, 0.05) is 0 Å². The van der Waals surface area contributed by atoms with Gasteiger partial charge in [0.25, 0.3) is 0 Å². The first-order valence-corrected chi connectivity index (χ1v) is 11.6. The number of benzene rings is 2. The smallest absolute Gasteiger partial charge is 0.335 e. The fourth-order valence-corrected chi connectivity index (χ4v) is 4.04. The number of hydrogen-bond donors (Lipinski definition) is 5. The highest BCUT2D eigenvalue weighted by Gasteiger charge is 2.36. The van der Waals surface area contributed by atoms with Crippen molar-refractivity contribution in [2.75, 3.05) is 19.8 Å². The molecule has 0 saturated carbocycles. The molecule has 0 aromatic heterocycles. The van der Waals surface area contributed by atoms with Gasteiger partial charge in [-0.05, 0) is 70.6 Å². The van der Waals surface area contributed by atoms with Gasteiger partial charge in [-0.25, -0.2) is 4.79 Å². The first-order chi connectivity index (χ1) is 15.8. The van der Waals surface area contributed by atoms with Crippen molar-refractivity contribution in [1.82, 2.24) is 0 Å². The van der Waals surface area contributed by atoms with Gasteiger partial charge in [0.15, 0.2) is 0 Å². The number of rotatable bonds is 6.